The zero-order valence-electron chi connectivity index (χ0n) is 21.5. The van der Waals surface area contributed by atoms with Crippen LogP contribution in [0.25, 0.3) is 0 Å². The summed E-state index contributed by atoms with van der Waals surface area (Å²) in [6.07, 6.45) is 11.1. The second kappa shape index (κ2) is 9.37. The van der Waals surface area contributed by atoms with E-state index in [1.54, 1.807) is 0 Å². The van der Waals surface area contributed by atoms with Gasteiger partial charge in [-0.2, -0.15) is 8.42 Å². The normalized spacial score (nSPS) is 46.5. The van der Waals surface area contributed by atoms with Gasteiger partial charge in [0.15, 0.2) is 0 Å². The predicted molar refractivity (Wildman–Crippen MR) is 131 cm³/mol. The van der Waals surface area contributed by atoms with Gasteiger partial charge in [0.05, 0.1) is 12.2 Å². The van der Waals surface area contributed by atoms with Crippen LogP contribution in [0.3, 0.4) is 0 Å². The van der Waals surface area contributed by atoms with Crippen molar-refractivity contribution in [2.24, 2.45) is 52.3 Å². The number of aliphatic hydroxyl groups excluding tert-OH is 1. The minimum Gasteiger partial charge on any atom is -0.393 e. The molecular weight excluding hydrogens is 436 g/mol. The van der Waals surface area contributed by atoms with E-state index >= 15 is 0 Å². The van der Waals surface area contributed by atoms with Crippen LogP contribution in [0.2, 0.25) is 0 Å². The number of hydrogen-bond donors (Lipinski definition) is 2. The first kappa shape index (κ1) is 25.9. The van der Waals surface area contributed by atoms with Crippen molar-refractivity contribution in [2.75, 3.05) is 0 Å². The fourth-order valence-corrected chi connectivity index (χ4v) is 10.1. The topological polar surface area (TPSA) is 83.8 Å². The highest BCUT2D eigenvalue weighted by molar-refractivity contribution is 7.80. The molecule has 10 unspecified atom stereocenters. The number of aliphatic hydroxyl groups is 1. The molecule has 4 aliphatic carbocycles. The van der Waals surface area contributed by atoms with Crippen LogP contribution >= 0.6 is 0 Å². The Morgan fingerprint density at radius 1 is 0.909 bits per heavy atom. The first-order valence-electron chi connectivity index (χ1n) is 13.7. The lowest BCUT2D eigenvalue weighted by Gasteiger charge is -2.62. The van der Waals surface area contributed by atoms with Crippen LogP contribution in [-0.4, -0.2) is 30.3 Å². The van der Waals surface area contributed by atoms with Gasteiger partial charge in [-0.05, 0) is 104 Å². The van der Waals surface area contributed by atoms with Gasteiger partial charge in [0.2, 0.25) is 0 Å². The lowest BCUT2D eigenvalue weighted by atomic mass is 9.44. The van der Waals surface area contributed by atoms with Crippen LogP contribution in [0.5, 0.6) is 0 Å². The molecule has 4 saturated carbocycles. The molecule has 0 aliphatic heterocycles. The van der Waals surface area contributed by atoms with Gasteiger partial charge in [0.25, 0.3) is 0 Å². The van der Waals surface area contributed by atoms with Gasteiger partial charge in [-0.25, -0.2) is 4.18 Å². The van der Waals surface area contributed by atoms with Gasteiger partial charge < -0.3 is 5.11 Å². The van der Waals surface area contributed by atoms with Gasteiger partial charge in [0.1, 0.15) is 0 Å². The van der Waals surface area contributed by atoms with Crippen LogP contribution in [-0.2, 0) is 14.6 Å². The second-order valence-electron chi connectivity index (χ2n) is 13.2. The third kappa shape index (κ3) is 4.93. The highest BCUT2D eigenvalue weighted by Gasteiger charge is 2.62. The number of hydrogen-bond acceptors (Lipinski definition) is 4. The van der Waals surface area contributed by atoms with E-state index in [2.05, 4.69) is 34.6 Å². The van der Waals surface area contributed by atoms with Gasteiger partial charge in [-0.3, -0.25) is 4.55 Å². The molecule has 6 heteroatoms. The molecule has 33 heavy (non-hydrogen) atoms. The standard InChI is InChI=1S/C27H48O5S/c1-17(2)7-6-8-18(3)21-9-10-22-20-16-25(28)24-15-19(32-33(29,30)31)11-13-27(24,5)23(20)12-14-26(21,22)4/h17-25,28H,6-16H2,1-5H3,(H,29,30,31). The van der Waals surface area contributed by atoms with E-state index in [0.29, 0.717) is 36.0 Å². The summed E-state index contributed by atoms with van der Waals surface area (Å²) >= 11 is 0. The Labute approximate surface area is 202 Å². The van der Waals surface area contributed by atoms with Crippen LogP contribution in [0.1, 0.15) is 105 Å². The molecular formula is C27H48O5S. The fourth-order valence-electron chi connectivity index (χ4n) is 9.55. The zero-order valence-corrected chi connectivity index (χ0v) is 22.3. The van der Waals surface area contributed by atoms with Crippen molar-refractivity contribution in [2.45, 2.75) is 117 Å². The van der Waals surface area contributed by atoms with Crippen LogP contribution in [0.15, 0.2) is 0 Å². The second-order valence-corrected chi connectivity index (χ2v) is 14.3. The van der Waals surface area contributed by atoms with Crippen molar-refractivity contribution in [3.8, 4) is 0 Å². The van der Waals surface area contributed by atoms with Gasteiger partial charge in [-0.1, -0.05) is 53.9 Å². The van der Waals surface area contributed by atoms with E-state index in [9.17, 15) is 13.5 Å². The van der Waals surface area contributed by atoms with E-state index in [-0.39, 0.29) is 11.3 Å². The van der Waals surface area contributed by atoms with Gasteiger partial charge >= 0.3 is 10.4 Å². The van der Waals surface area contributed by atoms with Gasteiger partial charge in [0, 0.05) is 0 Å². The van der Waals surface area contributed by atoms with Crippen molar-refractivity contribution < 1.29 is 22.3 Å². The SMILES string of the molecule is CC(C)CCCC(C)C1CCC2C3CC(O)C4CC(OS(=O)(=O)O)CCC4(C)C3CCC12C. The molecule has 0 radical (unpaired) electrons. The summed E-state index contributed by atoms with van der Waals surface area (Å²) in [7, 11) is -4.45. The number of rotatable bonds is 7. The largest absolute Gasteiger partial charge is 0.397 e. The molecule has 5 nitrogen and oxygen atoms in total. The molecule has 0 heterocycles. The molecule has 2 N–H and O–H groups in total. The summed E-state index contributed by atoms with van der Waals surface area (Å²) in [6.45, 7) is 12.1. The van der Waals surface area contributed by atoms with Crippen molar-refractivity contribution in [1.82, 2.24) is 0 Å². The molecule has 0 aromatic carbocycles. The van der Waals surface area contributed by atoms with Crippen molar-refractivity contribution >= 4 is 10.4 Å². The average Bonchev–Trinajstić information content (AvgIpc) is 3.05. The predicted octanol–water partition coefficient (Wildman–Crippen LogP) is 6.27. The summed E-state index contributed by atoms with van der Waals surface area (Å²) < 4.78 is 36.6. The molecule has 0 saturated heterocycles. The van der Waals surface area contributed by atoms with Crippen LogP contribution in [0.4, 0.5) is 0 Å². The third-order valence-corrected chi connectivity index (χ3v) is 11.6. The van der Waals surface area contributed by atoms with E-state index in [4.69, 9.17) is 8.74 Å². The Bertz CT molecular complexity index is 796. The molecule has 0 aromatic rings. The maximum absolute atomic E-state index is 11.3. The van der Waals surface area contributed by atoms with Gasteiger partial charge in [-0.15, -0.1) is 0 Å². The van der Waals surface area contributed by atoms with Crippen LogP contribution < -0.4 is 0 Å². The summed E-state index contributed by atoms with van der Waals surface area (Å²) in [5.74, 6) is 4.30. The summed E-state index contributed by atoms with van der Waals surface area (Å²) in [5, 5.41) is 11.3. The highest BCUT2D eigenvalue weighted by atomic mass is 32.3. The van der Waals surface area contributed by atoms with E-state index in [1.807, 2.05) is 0 Å². The lowest BCUT2D eigenvalue weighted by molar-refractivity contribution is -0.170. The minimum absolute atomic E-state index is 0.0315. The highest BCUT2D eigenvalue weighted by Crippen LogP contribution is 2.68. The van der Waals surface area contributed by atoms with E-state index < -0.39 is 22.6 Å². The molecule has 0 spiro atoms. The smallest absolute Gasteiger partial charge is 0.393 e. The van der Waals surface area contributed by atoms with Crippen molar-refractivity contribution in [3.63, 3.8) is 0 Å². The summed E-state index contributed by atoms with van der Waals surface area (Å²) in [4.78, 5) is 0. The quantitative estimate of drug-likeness (QED) is 0.416. The molecule has 4 aliphatic rings. The molecule has 0 amide bonds. The Morgan fingerprint density at radius 2 is 1.58 bits per heavy atom. The fraction of sp³-hybridized carbons (Fsp3) is 1.00. The Morgan fingerprint density at radius 3 is 2.24 bits per heavy atom. The maximum atomic E-state index is 11.3. The zero-order chi connectivity index (χ0) is 24.2. The lowest BCUT2D eigenvalue weighted by Crippen LogP contribution is -2.58. The first-order chi connectivity index (χ1) is 15.3. The van der Waals surface area contributed by atoms with Crippen molar-refractivity contribution in [1.29, 1.82) is 0 Å². The molecule has 0 aromatic heterocycles. The summed E-state index contributed by atoms with van der Waals surface area (Å²) in [5.41, 5.74) is 0.427. The maximum Gasteiger partial charge on any atom is 0.397 e. The van der Waals surface area contributed by atoms with E-state index in [1.165, 1.54) is 44.9 Å². The molecule has 4 rings (SSSR count). The first-order valence-corrected chi connectivity index (χ1v) is 15.1. The monoisotopic (exact) mass is 484 g/mol. The van der Waals surface area contributed by atoms with Crippen molar-refractivity contribution in [3.05, 3.63) is 0 Å². The number of fused-ring (bicyclic) bond motifs is 5. The Kier molecular flexibility index (Phi) is 7.35. The molecule has 10 atom stereocenters. The summed E-state index contributed by atoms with van der Waals surface area (Å²) in [6, 6.07) is 0. The van der Waals surface area contributed by atoms with E-state index in [0.717, 1.165) is 30.6 Å². The molecule has 0 bridgehead atoms. The average molecular weight is 485 g/mol. The Hall–Kier alpha value is -0.170. The molecule has 4 fully saturated rings. The minimum atomic E-state index is -4.45. The molecule has 192 valence electrons. The van der Waals surface area contributed by atoms with Crippen LogP contribution in [0, 0.1) is 52.3 Å². The Balaban J connectivity index is 1.48. The third-order valence-electron chi connectivity index (χ3n) is 11.1.